The van der Waals surface area contributed by atoms with Crippen molar-refractivity contribution in [1.82, 2.24) is 14.7 Å². The molecule has 0 bridgehead atoms. The molecule has 0 N–H and O–H groups in total. The lowest BCUT2D eigenvalue weighted by Crippen LogP contribution is -2.37. The van der Waals surface area contributed by atoms with Gasteiger partial charge in [-0.05, 0) is 48.6 Å². The molecule has 24 heavy (non-hydrogen) atoms. The van der Waals surface area contributed by atoms with E-state index in [4.69, 9.17) is 16.3 Å². The van der Waals surface area contributed by atoms with Crippen LogP contribution >= 0.6 is 11.6 Å². The van der Waals surface area contributed by atoms with Gasteiger partial charge in [-0.15, -0.1) is 11.6 Å². The average molecular weight is 348 g/mol. The number of carbonyl (C=O) groups excluding carboxylic acids is 1. The summed E-state index contributed by atoms with van der Waals surface area (Å²) in [6, 6.07) is 8.09. The van der Waals surface area contributed by atoms with Gasteiger partial charge in [0.05, 0.1) is 25.4 Å². The van der Waals surface area contributed by atoms with Crippen molar-refractivity contribution < 1.29 is 9.53 Å². The minimum Gasteiger partial charge on any atom is -0.497 e. The fourth-order valence-electron chi connectivity index (χ4n) is 3.38. The molecule has 1 heterocycles. The Hall–Kier alpha value is -2.01. The van der Waals surface area contributed by atoms with Gasteiger partial charge in [0.2, 0.25) is 5.91 Å². The summed E-state index contributed by atoms with van der Waals surface area (Å²) in [5.41, 5.74) is 3.44. The summed E-state index contributed by atoms with van der Waals surface area (Å²) in [4.78, 5) is 14.4. The van der Waals surface area contributed by atoms with Gasteiger partial charge in [-0.2, -0.15) is 5.10 Å². The Balaban J connectivity index is 1.97. The largest absolute Gasteiger partial charge is 0.497 e. The van der Waals surface area contributed by atoms with Gasteiger partial charge in [-0.3, -0.25) is 9.48 Å². The minimum absolute atomic E-state index is 0.0185. The highest BCUT2D eigenvalue weighted by Crippen LogP contribution is 2.37. The van der Waals surface area contributed by atoms with Crippen LogP contribution in [0.2, 0.25) is 0 Å². The van der Waals surface area contributed by atoms with Crippen molar-refractivity contribution in [2.75, 3.05) is 13.0 Å². The molecule has 1 aliphatic rings. The zero-order valence-corrected chi connectivity index (χ0v) is 14.8. The molecule has 1 aromatic heterocycles. The zero-order valence-electron chi connectivity index (χ0n) is 14.0. The quantitative estimate of drug-likeness (QED) is 0.781. The Morgan fingerprint density at radius 2 is 2.29 bits per heavy atom. The van der Waals surface area contributed by atoms with Gasteiger partial charge in [-0.1, -0.05) is 6.07 Å². The number of carbonyl (C=O) groups is 1. The standard InChI is InChI=1S/C18H22ClN3O2/c1-21-14(8-9-20-21)12-22(18(23)11-19)17-5-3-4-13-6-7-15(24-2)10-16(13)17/h6-10,17H,3-5,11-12H2,1-2H3/t17-/m1/s1. The van der Waals surface area contributed by atoms with Crippen molar-refractivity contribution in [2.45, 2.75) is 31.8 Å². The SMILES string of the molecule is COc1ccc2c(c1)[C@H](N(Cc1ccnn1C)C(=O)CCl)CCC2. The molecule has 6 heteroatoms. The van der Waals surface area contributed by atoms with Gasteiger partial charge in [0.15, 0.2) is 0 Å². The maximum atomic E-state index is 12.5. The Kier molecular flexibility index (Phi) is 5.09. The molecule has 1 aromatic carbocycles. The van der Waals surface area contributed by atoms with E-state index in [9.17, 15) is 4.79 Å². The molecule has 1 amide bonds. The normalized spacial score (nSPS) is 16.5. The fourth-order valence-corrected chi connectivity index (χ4v) is 3.54. The second-order valence-electron chi connectivity index (χ2n) is 6.07. The van der Waals surface area contributed by atoms with Crippen molar-refractivity contribution in [1.29, 1.82) is 0 Å². The minimum atomic E-state index is -0.0569. The van der Waals surface area contributed by atoms with Crippen LogP contribution < -0.4 is 4.74 Å². The first kappa shape index (κ1) is 16.8. The van der Waals surface area contributed by atoms with Crippen molar-refractivity contribution >= 4 is 17.5 Å². The molecule has 0 saturated heterocycles. The molecule has 128 valence electrons. The number of fused-ring (bicyclic) bond motifs is 1. The number of nitrogens with zero attached hydrogens (tertiary/aromatic N) is 3. The number of rotatable bonds is 5. The second-order valence-corrected chi connectivity index (χ2v) is 6.34. The van der Waals surface area contributed by atoms with Gasteiger partial charge < -0.3 is 9.64 Å². The number of alkyl halides is 1. The number of hydrogen-bond acceptors (Lipinski definition) is 3. The van der Waals surface area contributed by atoms with Crippen LogP contribution in [0.3, 0.4) is 0 Å². The molecule has 2 aromatic rings. The van der Waals surface area contributed by atoms with Crippen LogP contribution in [0.4, 0.5) is 0 Å². The van der Waals surface area contributed by atoms with Crippen LogP contribution in [0.5, 0.6) is 5.75 Å². The first-order valence-corrected chi connectivity index (χ1v) is 8.66. The number of benzene rings is 1. The number of aromatic nitrogens is 2. The summed E-state index contributed by atoms with van der Waals surface area (Å²) >= 11 is 5.89. The molecule has 1 aliphatic carbocycles. The molecule has 0 fully saturated rings. The second kappa shape index (κ2) is 7.26. The van der Waals surface area contributed by atoms with Crippen molar-refractivity contribution in [3.05, 3.63) is 47.3 Å². The first-order valence-electron chi connectivity index (χ1n) is 8.13. The Morgan fingerprint density at radius 1 is 1.46 bits per heavy atom. The fraction of sp³-hybridized carbons (Fsp3) is 0.444. The van der Waals surface area contributed by atoms with E-state index < -0.39 is 0 Å². The summed E-state index contributed by atoms with van der Waals surface area (Å²) < 4.78 is 7.17. The number of methoxy groups -OCH3 is 1. The van der Waals surface area contributed by atoms with Crippen LogP contribution in [-0.2, 0) is 24.8 Å². The van der Waals surface area contributed by atoms with E-state index in [0.717, 1.165) is 30.7 Å². The van der Waals surface area contributed by atoms with Gasteiger partial charge >= 0.3 is 0 Å². The average Bonchev–Trinajstić information content (AvgIpc) is 3.03. The Labute approximate surface area is 147 Å². The molecular weight excluding hydrogens is 326 g/mol. The van der Waals surface area contributed by atoms with Crippen molar-refractivity contribution in [2.24, 2.45) is 7.05 Å². The van der Waals surface area contributed by atoms with Crippen LogP contribution in [0.1, 0.15) is 35.7 Å². The third-order valence-electron chi connectivity index (χ3n) is 4.70. The van der Waals surface area contributed by atoms with Gasteiger partial charge in [0.1, 0.15) is 11.6 Å². The smallest absolute Gasteiger partial charge is 0.238 e. The summed E-state index contributed by atoms with van der Waals surface area (Å²) in [5.74, 6) is 0.742. The molecule has 3 rings (SSSR count). The molecule has 0 radical (unpaired) electrons. The monoisotopic (exact) mass is 347 g/mol. The van der Waals surface area contributed by atoms with Gasteiger partial charge in [0.25, 0.3) is 0 Å². The third kappa shape index (κ3) is 3.26. The van der Waals surface area contributed by atoms with Crippen molar-refractivity contribution in [3.63, 3.8) is 0 Å². The van der Waals surface area contributed by atoms with Crippen molar-refractivity contribution in [3.8, 4) is 5.75 Å². The Bertz CT molecular complexity index is 729. The highest BCUT2D eigenvalue weighted by molar-refractivity contribution is 6.27. The van der Waals surface area contributed by atoms with Gasteiger partial charge in [0, 0.05) is 13.2 Å². The van der Waals surface area contributed by atoms with E-state index >= 15 is 0 Å². The van der Waals surface area contributed by atoms with Crippen LogP contribution in [0.15, 0.2) is 30.5 Å². The maximum absolute atomic E-state index is 12.5. The van der Waals surface area contributed by atoms with E-state index in [1.165, 1.54) is 11.1 Å². The number of aryl methyl sites for hydroxylation is 2. The van der Waals surface area contributed by atoms with Gasteiger partial charge in [-0.25, -0.2) is 0 Å². The summed E-state index contributed by atoms with van der Waals surface area (Å²) in [6.45, 7) is 0.503. The predicted octanol–water partition coefficient (Wildman–Crippen LogP) is 3.07. The number of ether oxygens (including phenoxy) is 1. The predicted molar refractivity (Wildman–Crippen MR) is 93.2 cm³/mol. The topological polar surface area (TPSA) is 47.4 Å². The maximum Gasteiger partial charge on any atom is 0.238 e. The number of halogens is 1. The molecule has 1 atom stereocenters. The third-order valence-corrected chi connectivity index (χ3v) is 4.93. The summed E-state index contributed by atoms with van der Waals surface area (Å²) in [5, 5.41) is 4.20. The Morgan fingerprint density at radius 3 is 2.96 bits per heavy atom. The van der Waals surface area contributed by atoms with E-state index in [2.05, 4.69) is 17.2 Å². The van der Waals surface area contributed by atoms with Crippen LogP contribution in [0, 0.1) is 0 Å². The summed E-state index contributed by atoms with van der Waals surface area (Å²) in [6.07, 6.45) is 4.77. The van der Waals surface area contributed by atoms with Crippen LogP contribution in [-0.4, -0.2) is 33.6 Å². The molecular formula is C18H22ClN3O2. The molecule has 0 aliphatic heterocycles. The number of amides is 1. The summed E-state index contributed by atoms with van der Waals surface area (Å²) in [7, 11) is 3.55. The highest BCUT2D eigenvalue weighted by atomic mass is 35.5. The first-order chi connectivity index (χ1) is 11.6. The van der Waals surface area contributed by atoms with E-state index in [1.54, 1.807) is 18.0 Å². The van der Waals surface area contributed by atoms with E-state index in [0.29, 0.717) is 6.54 Å². The molecule has 0 spiro atoms. The van der Waals surface area contributed by atoms with E-state index in [1.807, 2.05) is 24.1 Å². The molecule has 0 unspecified atom stereocenters. The lowest BCUT2D eigenvalue weighted by atomic mass is 9.86. The zero-order chi connectivity index (χ0) is 17.1. The lowest BCUT2D eigenvalue weighted by Gasteiger charge is -2.36. The number of hydrogen-bond donors (Lipinski definition) is 0. The lowest BCUT2D eigenvalue weighted by molar-refractivity contribution is -0.132. The van der Waals surface area contributed by atoms with Crippen LogP contribution in [0.25, 0.3) is 0 Å². The highest BCUT2D eigenvalue weighted by Gasteiger charge is 2.30. The molecule has 0 saturated carbocycles. The van der Waals surface area contributed by atoms with E-state index in [-0.39, 0.29) is 17.8 Å². The molecule has 5 nitrogen and oxygen atoms in total.